The Kier molecular flexibility index (Phi) is 14.4. The second-order valence-corrected chi connectivity index (χ2v) is 11.3. The van der Waals surface area contributed by atoms with Gasteiger partial charge in [-0.2, -0.15) is 0 Å². The van der Waals surface area contributed by atoms with Gasteiger partial charge in [-0.05, 0) is 80.4 Å². The molecule has 0 spiro atoms. The summed E-state index contributed by atoms with van der Waals surface area (Å²) in [6, 6.07) is 24.9. The van der Waals surface area contributed by atoms with Crippen LogP contribution in [-0.2, 0) is 16.8 Å². The van der Waals surface area contributed by atoms with Crippen molar-refractivity contribution in [3.8, 4) is 11.5 Å². The van der Waals surface area contributed by atoms with Gasteiger partial charge in [-0.3, -0.25) is 9.59 Å². The zero-order chi connectivity index (χ0) is 29.1. The second-order valence-electron chi connectivity index (χ2n) is 7.77. The zero-order valence-corrected chi connectivity index (χ0v) is 28.2. The van der Waals surface area contributed by atoms with Gasteiger partial charge in [0.15, 0.2) is 0 Å². The van der Waals surface area contributed by atoms with Crippen LogP contribution in [0.25, 0.3) is 10.9 Å². The van der Waals surface area contributed by atoms with Crippen LogP contribution >= 0.6 is 63.7 Å². The Labute approximate surface area is 280 Å². The third-order valence-corrected chi connectivity index (χ3v) is 7.10. The molecule has 0 bridgehead atoms. The van der Waals surface area contributed by atoms with Crippen molar-refractivity contribution in [2.45, 2.75) is 0 Å². The Balaban J connectivity index is 0.000000280. The van der Waals surface area contributed by atoms with Crippen molar-refractivity contribution < 1.29 is 36.6 Å². The average molecular weight is 857 g/mol. The molecule has 0 aliphatic carbocycles. The van der Waals surface area contributed by atoms with Crippen LogP contribution in [0.15, 0.2) is 113 Å². The molecular weight excluding hydrogens is 835 g/mol. The topological polar surface area (TPSA) is 142 Å². The molecule has 6 N–H and O–H groups in total. The normalized spacial score (nSPS) is 10.4. The van der Waals surface area contributed by atoms with Crippen LogP contribution in [0.5, 0.6) is 11.5 Å². The van der Waals surface area contributed by atoms with Gasteiger partial charge in [0.25, 0.3) is 23.3 Å². The predicted octanol–water partition coefficient (Wildman–Crippen LogP) is 7.81. The SMILES string of the molecule is [Co+2].[OH+]=C([N-]N=Cc1cc(Br)cc(Br)c1[OH2+])c1ccccc1.[OH+]=C([N-]N=Cc1cc(Br)cc(Br)c1[OH2+])c1ccccc1. The fourth-order valence-corrected chi connectivity index (χ4v) is 5.49. The van der Waals surface area contributed by atoms with E-state index < -0.39 is 0 Å². The first-order valence-corrected chi connectivity index (χ1v) is 14.4. The summed E-state index contributed by atoms with van der Waals surface area (Å²) >= 11 is 13.3. The number of carbonyl (C=O) groups excluding carboxylic acids is 2. The summed E-state index contributed by atoms with van der Waals surface area (Å²) in [7, 11) is 0. The number of amides is 2. The number of benzene rings is 4. The van der Waals surface area contributed by atoms with E-state index in [4.69, 9.17) is 10.2 Å². The van der Waals surface area contributed by atoms with Crippen molar-refractivity contribution in [3.05, 3.63) is 136 Å². The van der Waals surface area contributed by atoms with Gasteiger partial charge in [-0.25, -0.2) is 0 Å². The molecular formula is C28H22Br4CoN4O4+4. The monoisotopic (exact) mass is 853 g/mol. The van der Waals surface area contributed by atoms with E-state index in [1.807, 2.05) is 12.1 Å². The van der Waals surface area contributed by atoms with E-state index >= 15 is 0 Å². The third-order valence-electron chi connectivity index (χ3n) is 4.93. The van der Waals surface area contributed by atoms with Crippen LogP contribution < -0.4 is 0 Å². The molecule has 0 aliphatic rings. The van der Waals surface area contributed by atoms with Gasteiger partial charge < -0.3 is 31.3 Å². The average Bonchev–Trinajstić information content (AvgIpc) is 2.95. The van der Waals surface area contributed by atoms with Crippen molar-refractivity contribution in [3.63, 3.8) is 0 Å². The van der Waals surface area contributed by atoms with Gasteiger partial charge in [-0.1, -0.05) is 68.3 Å². The summed E-state index contributed by atoms with van der Waals surface area (Å²) in [5.41, 5.74) is 9.80. The molecule has 0 atom stereocenters. The first-order chi connectivity index (χ1) is 19.2. The van der Waals surface area contributed by atoms with Crippen molar-refractivity contribution >= 4 is 88.0 Å². The summed E-state index contributed by atoms with van der Waals surface area (Å²) in [4.78, 5) is 19.5. The van der Waals surface area contributed by atoms with Gasteiger partial charge in [0.2, 0.25) is 0 Å². The van der Waals surface area contributed by atoms with Crippen molar-refractivity contribution in [2.75, 3.05) is 0 Å². The van der Waals surface area contributed by atoms with E-state index in [1.54, 1.807) is 72.8 Å². The van der Waals surface area contributed by atoms with Crippen LogP contribution in [0.3, 0.4) is 0 Å². The zero-order valence-electron chi connectivity index (χ0n) is 20.8. The van der Waals surface area contributed by atoms with Crippen LogP contribution in [0.1, 0.15) is 22.3 Å². The minimum atomic E-state index is -0.164. The van der Waals surface area contributed by atoms with Gasteiger partial charge in [-0.15, -0.1) is 0 Å². The van der Waals surface area contributed by atoms with E-state index in [1.165, 1.54) is 12.4 Å². The van der Waals surface area contributed by atoms with Crippen LogP contribution in [0.2, 0.25) is 0 Å². The number of rotatable bonds is 6. The van der Waals surface area contributed by atoms with E-state index in [-0.39, 0.29) is 28.6 Å². The summed E-state index contributed by atoms with van der Waals surface area (Å²) in [6.45, 7) is 0. The van der Waals surface area contributed by atoms with Gasteiger partial charge >= 0.3 is 16.8 Å². The molecule has 0 saturated carbocycles. The van der Waals surface area contributed by atoms with Crippen LogP contribution in [0.4, 0.5) is 0 Å². The Morgan fingerprint density at radius 3 is 1.29 bits per heavy atom. The molecule has 13 heteroatoms. The first-order valence-electron chi connectivity index (χ1n) is 11.3. The van der Waals surface area contributed by atoms with E-state index in [9.17, 15) is 9.59 Å². The van der Waals surface area contributed by atoms with E-state index in [2.05, 4.69) is 84.8 Å². The Morgan fingerprint density at radius 1 is 0.610 bits per heavy atom. The number of hydrogen-bond acceptors (Lipinski definition) is 2. The minimum Gasteiger partial charge on any atom is -0.592 e. The smallest absolute Gasteiger partial charge is 0.592 e. The Morgan fingerprint density at radius 2 is 0.951 bits per heavy atom. The van der Waals surface area contributed by atoms with Gasteiger partial charge in [0, 0.05) is 21.4 Å². The van der Waals surface area contributed by atoms with Crippen LogP contribution in [-0.4, -0.2) is 44.0 Å². The summed E-state index contributed by atoms with van der Waals surface area (Å²) in [5.74, 6) is 0.294. The van der Waals surface area contributed by atoms with Gasteiger partial charge in [0.1, 0.15) is 8.95 Å². The molecule has 211 valence electrons. The quantitative estimate of drug-likeness (QED) is 0.106. The largest absolute Gasteiger partial charge is 2.00 e. The molecule has 0 fully saturated rings. The molecule has 0 aromatic heterocycles. The molecule has 2 amide bonds. The number of halogens is 4. The number of nitrogens with zero attached hydrogens (tertiary/aromatic N) is 4. The molecule has 4 aromatic rings. The minimum absolute atomic E-state index is 0. The summed E-state index contributed by atoms with van der Waals surface area (Å²) in [6.07, 6.45) is 2.86. The molecule has 4 aromatic carbocycles. The van der Waals surface area contributed by atoms with Gasteiger partial charge in [0.05, 0.1) is 22.3 Å². The number of hydrogen-bond donors (Lipinski definition) is 0. The summed E-state index contributed by atoms with van der Waals surface area (Å²) in [5, 5.41) is 23.4. The maximum Gasteiger partial charge on any atom is 2.00 e. The molecule has 41 heavy (non-hydrogen) atoms. The second kappa shape index (κ2) is 17.2. The molecule has 0 unspecified atom stereocenters. The third kappa shape index (κ3) is 10.8. The fraction of sp³-hybridized carbons (Fsp3) is 0. The Bertz CT molecular complexity index is 1440. The fourth-order valence-electron chi connectivity index (χ4n) is 2.97. The molecule has 8 nitrogen and oxygen atoms in total. The molecule has 4 rings (SSSR count). The summed E-state index contributed by atoms with van der Waals surface area (Å²) < 4.78 is 2.98. The van der Waals surface area contributed by atoms with E-state index in [0.29, 0.717) is 42.7 Å². The van der Waals surface area contributed by atoms with Crippen molar-refractivity contribution in [1.29, 1.82) is 0 Å². The molecule has 0 saturated heterocycles. The van der Waals surface area contributed by atoms with E-state index in [0.717, 1.165) is 8.95 Å². The molecule has 1 radical (unpaired) electrons. The van der Waals surface area contributed by atoms with Crippen molar-refractivity contribution in [2.24, 2.45) is 10.2 Å². The molecule has 0 heterocycles. The van der Waals surface area contributed by atoms with Crippen molar-refractivity contribution in [1.82, 2.24) is 0 Å². The molecule has 0 aliphatic heterocycles. The maximum absolute atomic E-state index is 9.75. The maximum atomic E-state index is 9.75. The Hall–Kier alpha value is -2.81. The first kappa shape index (κ1) is 34.4. The van der Waals surface area contributed by atoms with Crippen LogP contribution in [0, 0.1) is 0 Å². The standard InChI is InChI=1S/2C14H10Br2N2O2.Co/c2*15-11-6-10(13(19)12(16)7-11)8-17-18-14(20)9-4-2-1-3-5-9;/h2*1-8H,(H2,17,18,19,20);/q;;+2/p+2. The predicted molar refractivity (Wildman–Crippen MR) is 177 cm³/mol.